The van der Waals surface area contributed by atoms with Crippen LogP contribution in [-0.4, -0.2) is 106 Å². The van der Waals surface area contributed by atoms with Gasteiger partial charge in [-0.25, -0.2) is 18.6 Å². The number of nitrogens with zero attached hydrogens (tertiary/aromatic N) is 5. The van der Waals surface area contributed by atoms with Crippen LogP contribution in [0.2, 0.25) is 0 Å². The molecule has 5 rings (SSSR count). The molecule has 49 heavy (non-hydrogen) atoms. The van der Waals surface area contributed by atoms with Gasteiger partial charge in [-0.1, -0.05) is 30.3 Å². The van der Waals surface area contributed by atoms with Gasteiger partial charge < -0.3 is 28.9 Å². The number of piperidine rings is 1. The van der Waals surface area contributed by atoms with Crippen molar-refractivity contribution in [1.29, 1.82) is 0 Å². The minimum Gasteiger partial charge on any atom is -0.447 e. The number of halogens is 2. The van der Waals surface area contributed by atoms with Gasteiger partial charge in [0, 0.05) is 50.6 Å². The van der Waals surface area contributed by atoms with Crippen LogP contribution in [-0.2, 0) is 30.4 Å². The summed E-state index contributed by atoms with van der Waals surface area (Å²) in [6.45, 7) is 2.61. The number of hydrogen-bond donors (Lipinski definition) is 1. The lowest BCUT2D eigenvalue weighted by atomic mass is 9.87. The molecule has 2 atom stereocenters. The monoisotopic (exact) mass is 679 g/mol. The van der Waals surface area contributed by atoms with Gasteiger partial charge in [-0.3, -0.25) is 19.3 Å². The van der Waals surface area contributed by atoms with Gasteiger partial charge in [-0.15, -0.1) is 0 Å². The number of benzene rings is 2. The Morgan fingerprint density at radius 2 is 1.71 bits per heavy atom. The minimum absolute atomic E-state index is 0.0205. The van der Waals surface area contributed by atoms with Crippen LogP contribution < -0.4 is 0 Å². The Bertz CT molecular complexity index is 1670. The minimum atomic E-state index is -1.30. The van der Waals surface area contributed by atoms with Gasteiger partial charge in [0.05, 0.1) is 31.5 Å². The second-order valence-corrected chi connectivity index (χ2v) is 12.0. The highest BCUT2D eigenvalue weighted by atomic mass is 19.1. The summed E-state index contributed by atoms with van der Waals surface area (Å²) < 4.78 is 41.8. The Hall–Kier alpha value is -4.95. The lowest BCUT2D eigenvalue weighted by molar-refractivity contribution is -0.142. The molecule has 1 unspecified atom stereocenters. The molecule has 4 amide bonds. The number of likely N-dealkylation sites (N-methyl/N-ethyl adjacent to an activating group) is 1. The molecule has 0 saturated carbocycles. The van der Waals surface area contributed by atoms with E-state index in [0.717, 1.165) is 28.7 Å². The van der Waals surface area contributed by atoms with Crippen LogP contribution in [0.5, 0.6) is 0 Å². The van der Waals surface area contributed by atoms with Gasteiger partial charge in [-0.05, 0) is 49.4 Å². The topological polar surface area (TPSA) is 135 Å². The smallest absolute Gasteiger partial charge is 0.409 e. The van der Waals surface area contributed by atoms with Gasteiger partial charge in [0.25, 0.3) is 17.7 Å². The summed E-state index contributed by atoms with van der Waals surface area (Å²) in [5, 5.41) is 10.2. The zero-order valence-electron chi connectivity index (χ0n) is 27.3. The largest absolute Gasteiger partial charge is 0.447 e. The molecule has 3 heterocycles. The summed E-state index contributed by atoms with van der Waals surface area (Å²) in [4.78, 5) is 58.1. The molecule has 0 aliphatic carbocycles. The van der Waals surface area contributed by atoms with Crippen LogP contribution >= 0.6 is 0 Å². The van der Waals surface area contributed by atoms with E-state index in [1.807, 2.05) is 34.9 Å². The summed E-state index contributed by atoms with van der Waals surface area (Å²) >= 11 is 0. The quantitative estimate of drug-likeness (QED) is 0.214. The zero-order valence-corrected chi connectivity index (χ0v) is 27.3. The zero-order chi connectivity index (χ0) is 35.1. The first-order chi connectivity index (χ1) is 23.5. The van der Waals surface area contributed by atoms with Gasteiger partial charge in [0.2, 0.25) is 0 Å². The van der Waals surface area contributed by atoms with Crippen molar-refractivity contribution in [1.82, 2.24) is 24.3 Å². The summed E-state index contributed by atoms with van der Waals surface area (Å²) in [5.41, 5.74) is 1.10. The number of aliphatic hydroxyl groups excluding tert-OH is 1. The molecule has 260 valence electrons. The van der Waals surface area contributed by atoms with Crippen LogP contribution in [0.4, 0.5) is 13.6 Å². The fourth-order valence-electron chi connectivity index (χ4n) is 6.12. The number of carbonyl (C=O) groups excluding carboxylic acids is 4. The van der Waals surface area contributed by atoms with Crippen molar-refractivity contribution >= 4 is 23.8 Å². The van der Waals surface area contributed by atoms with Gasteiger partial charge in [0.1, 0.15) is 30.2 Å². The third kappa shape index (κ3) is 8.56. The van der Waals surface area contributed by atoms with Crippen molar-refractivity contribution < 1.29 is 42.5 Å². The van der Waals surface area contributed by atoms with E-state index in [2.05, 4.69) is 0 Å². The highest BCUT2D eigenvalue weighted by Gasteiger charge is 2.38. The number of hydrogen-bond acceptors (Lipinski definition) is 8. The van der Waals surface area contributed by atoms with Crippen LogP contribution in [0.25, 0.3) is 11.3 Å². The number of aromatic nitrogens is 2. The van der Waals surface area contributed by atoms with Gasteiger partial charge >= 0.3 is 6.09 Å². The van der Waals surface area contributed by atoms with Gasteiger partial charge in [0.15, 0.2) is 0 Å². The Labute approximate surface area is 282 Å². The van der Waals surface area contributed by atoms with E-state index in [1.165, 1.54) is 24.0 Å². The first-order valence-electron chi connectivity index (χ1n) is 16.1. The number of ether oxygens (including phenoxy) is 2. The van der Waals surface area contributed by atoms with Crippen LogP contribution in [0.3, 0.4) is 0 Å². The van der Waals surface area contributed by atoms with Gasteiger partial charge in [-0.2, -0.15) is 0 Å². The lowest BCUT2D eigenvalue weighted by Crippen LogP contribution is -2.46. The first-order valence-corrected chi connectivity index (χ1v) is 16.1. The molecule has 12 nitrogen and oxygen atoms in total. The fourth-order valence-corrected chi connectivity index (χ4v) is 6.12. The fraction of sp³-hybridized carbons (Fsp3) is 0.400. The van der Waals surface area contributed by atoms with Crippen LogP contribution in [0.1, 0.15) is 37.2 Å². The molecular weight excluding hydrogens is 640 g/mol. The average Bonchev–Trinajstić information content (AvgIpc) is 3.65. The highest BCUT2D eigenvalue weighted by molar-refractivity contribution is 6.12. The first kappa shape index (κ1) is 35.4. The number of imidazole rings is 1. The maximum atomic E-state index is 14.9. The molecule has 2 aliphatic heterocycles. The number of rotatable bonds is 13. The standard InChI is InChI=1S/C35H39F2N5O7/c1-23(43)34(46)39(2)32(25-12-14-40(15-13-25)35(47)49-19-18-48-17-16-42-30(44)10-11-31(42)45)33-38-29(27-20-26(36)8-9-28(27)37)22-41(33)21-24-6-4-3-5-7-24/h3-11,20,22-23,25,32,43H,12-19,21H2,1-2H3/t23-,32?/m0/s1. The summed E-state index contributed by atoms with van der Waals surface area (Å²) in [5.74, 6) is -2.37. The second-order valence-electron chi connectivity index (χ2n) is 12.0. The molecule has 2 aliphatic rings. The maximum Gasteiger partial charge on any atom is 0.409 e. The Balaban J connectivity index is 1.29. The Morgan fingerprint density at radius 1 is 1.02 bits per heavy atom. The maximum absolute atomic E-state index is 14.9. The second kappa shape index (κ2) is 16.0. The molecule has 14 heteroatoms. The van der Waals surface area contributed by atoms with E-state index in [9.17, 15) is 33.1 Å². The Morgan fingerprint density at radius 3 is 2.39 bits per heavy atom. The van der Waals surface area contributed by atoms with E-state index in [-0.39, 0.29) is 43.5 Å². The van der Waals surface area contributed by atoms with Crippen molar-refractivity contribution in [3.05, 3.63) is 89.9 Å². The SMILES string of the molecule is C[C@H](O)C(=O)N(C)C(c1nc(-c2cc(F)ccc2F)cn1Cc1ccccc1)C1CCN(C(=O)OCCOCCN2C(=O)C=CC2=O)CC1. The lowest BCUT2D eigenvalue weighted by Gasteiger charge is -2.39. The van der Waals surface area contributed by atoms with E-state index in [4.69, 9.17) is 14.5 Å². The third-order valence-electron chi connectivity index (χ3n) is 8.65. The highest BCUT2D eigenvalue weighted by Crippen LogP contribution is 2.37. The number of imide groups is 1. The van der Waals surface area contributed by atoms with Crippen molar-refractivity contribution in [3.8, 4) is 11.3 Å². The molecule has 0 spiro atoms. The predicted molar refractivity (Wildman–Crippen MR) is 173 cm³/mol. The molecule has 0 radical (unpaired) electrons. The summed E-state index contributed by atoms with van der Waals surface area (Å²) in [6.07, 6.45) is 3.13. The molecule has 1 N–H and O–H groups in total. The third-order valence-corrected chi connectivity index (χ3v) is 8.65. The molecule has 1 saturated heterocycles. The molecule has 3 aromatic rings. The number of carbonyl (C=O) groups is 4. The van der Waals surface area contributed by atoms with Crippen molar-refractivity contribution in [2.45, 2.75) is 38.5 Å². The summed E-state index contributed by atoms with van der Waals surface area (Å²) in [6, 6.07) is 12.0. The van der Waals surface area contributed by atoms with E-state index >= 15 is 0 Å². The van der Waals surface area contributed by atoms with Crippen LogP contribution in [0.15, 0.2) is 66.9 Å². The number of likely N-dealkylation sites (tertiary alicyclic amines) is 1. The number of aliphatic hydroxyl groups is 1. The molecule has 1 fully saturated rings. The summed E-state index contributed by atoms with van der Waals surface area (Å²) in [7, 11) is 1.58. The molecule has 1 aromatic heterocycles. The van der Waals surface area contributed by atoms with Crippen molar-refractivity contribution in [2.24, 2.45) is 5.92 Å². The number of amides is 4. The molecule has 2 aromatic carbocycles. The van der Waals surface area contributed by atoms with E-state index < -0.39 is 47.6 Å². The molecular formula is C35H39F2N5O7. The molecule has 0 bridgehead atoms. The normalized spacial score (nSPS) is 16.3. The van der Waals surface area contributed by atoms with Crippen molar-refractivity contribution in [3.63, 3.8) is 0 Å². The van der Waals surface area contributed by atoms with Crippen LogP contribution in [0, 0.1) is 17.6 Å². The Kier molecular flexibility index (Phi) is 11.5. The van der Waals surface area contributed by atoms with E-state index in [1.54, 1.807) is 18.1 Å². The average molecular weight is 680 g/mol. The predicted octanol–water partition coefficient (Wildman–Crippen LogP) is 3.55. The van der Waals surface area contributed by atoms with Crippen molar-refractivity contribution in [2.75, 3.05) is 46.5 Å². The van der Waals surface area contributed by atoms with E-state index in [0.29, 0.717) is 38.3 Å².